The Morgan fingerprint density at radius 3 is 2.74 bits per heavy atom. The summed E-state index contributed by atoms with van der Waals surface area (Å²) in [4.78, 5) is 16.3. The van der Waals surface area contributed by atoms with E-state index in [9.17, 15) is 4.79 Å². The molecule has 19 heavy (non-hydrogen) atoms. The third-order valence-electron chi connectivity index (χ3n) is 2.69. The molecule has 0 aliphatic heterocycles. The predicted molar refractivity (Wildman–Crippen MR) is 80.3 cm³/mol. The number of nitrogens with one attached hydrogen (secondary N) is 1. The van der Waals surface area contributed by atoms with Gasteiger partial charge in [0.1, 0.15) is 10.3 Å². The van der Waals surface area contributed by atoms with Gasteiger partial charge in [0.2, 0.25) is 5.91 Å². The Balaban J connectivity index is 2.22. The molecule has 0 saturated heterocycles. The number of anilines is 1. The van der Waals surface area contributed by atoms with E-state index in [1.165, 1.54) is 0 Å². The molecule has 2 aromatic rings. The van der Waals surface area contributed by atoms with E-state index in [2.05, 4.69) is 26.2 Å². The quantitative estimate of drug-likeness (QED) is 0.914. The van der Waals surface area contributed by atoms with Crippen LogP contribution < -0.4 is 5.32 Å². The lowest BCUT2D eigenvalue weighted by atomic mass is 9.92. The van der Waals surface area contributed by atoms with Gasteiger partial charge in [-0.2, -0.15) is 0 Å². The van der Waals surface area contributed by atoms with Gasteiger partial charge in [-0.05, 0) is 40.4 Å². The van der Waals surface area contributed by atoms with E-state index in [-0.39, 0.29) is 11.3 Å². The molecule has 2 aromatic heterocycles. The Morgan fingerprint density at radius 1 is 1.42 bits per heavy atom. The number of amides is 1. The first-order chi connectivity index (χ1) is 8.76. The summed E-state index contributed by atoms with van der Waals surface area (Å²) in [6.45, 7) is 8.08. The third kappa shape index (κ3) is 3.35. The Morgan fingerprint density at radius 2 is 2.11 bits per heavy atom. The average molecular weight is 324 g/mol. The first-order valence-electron chi connectivity index (χ1n) is 6.20. The highest BCUT2D eigenvalue weighted by Crippen LogP contribution is 2.22. The Bertz CT molecular complexity index is 625. The van der Waals surface area contributed by atoms with Crippen molar-refractivity contribution < 1.29 is 4.79 Å². The number of aryl methyl sites for hydroxylation is 1. The lowest BCUT2D eigenvalue weighted by Crippen LogP contribution is -2.19. The molecule has 0 aliphatic carbocycles. The van der Waals surface area contributed by atoms with E-state index < -0.39 is 0 Å². The molecule has 102 valence electrons. The zero-order valence-corrected chi connectivity index (χ0v) is 13.2. The smallest absolute Gasteiger partial charge is 0.224 e. The molecule has 0 unspecified atom stereocenters. The molecule has 1 N–H and O–H groups in total. The summed E-state index contributed by atoms with van der Waals surface area (Å²) < 4.78 is 2.83. The molecule has 5 heteroatoms. The second kappa shape index (κ2) is 4.96. The van der Waals surface area contributed by atoms with Crippen LogP contribution in [0.2, 0.25) is 0 Å². The second-order valence-electron chi connectivity index (χ2n) is 5.92. The largest absolute Gasteiger partial charge is 0.325 e. The summed E-state index contributed by atoms with van der Waals surface area (Å²) in [6.07, 6.45) is 2.37. The van der Waals surface area contributed by atoms with Crippen LogP contribution in [0.3, 0.4) is 0 Å². The van der Waals surface area contributed by atoms with Gasteiger partial charge in [-0.25, -0.2) is 4.98 Å². The minimum absolute atomic E-state index is 0.0135. The van der Waals surface area contributed by atoms with Gasteiger partial charge in [0.05, 0.1) is 11.4 Å². The molecule has 2 heterocycles. The second-order valence-corrected chi connectivity index (χ2v) is 6.67. The number of aromatic nitrogens is 2. The summed E-state index contributed by atoms with van der Waals surface area (Å²) in [6, 6.07) is 3.76. The first-order valence-corrected chi connectivity index (χ1v) is 7.00. The zero-order chi connectivity index (χ0) is 14.2. The van der Waals surface area contributed by atoms with Crippen molar-refractivity contribution in [2.45, 2.75) is 34.1 Å². The van der Waals surface area contributed by atoms with Crippen molar-refractivity contribution in [1.29, 1.82) is 0 Å². The molecule has 0 bridgehead atoms. The Kier molecular flexibility index (Phi) is 3.67. The van der Waals surface area contributed by atoms with Gasteiger partial charge >= 0.3 is 0 Å². The predicted octanol–water partition coefficient (Wildman–Crippen LogP) is 3.78. The monoisotopic (exact) mass is 323 g/mol. The SMILES string of the molecule is Cc1nc2ccc(NC(=O)CC(C)(C)C)cn2c1Br. The molecule has 4 nitrogen and oxygen atoms in total. The van der Waals surface area contributed by atoms with Crippen molar-refractivity contribution in [1.82, 2.24) is 9.38 Å². The van der Waals surface area contributed by atoms with Crippen molar-refractivity contribution in [3.63, 3.8) is 0 Å². The normalized spacial score (nSPS) is 11.8. The number of carbonyl (C=O) groups excluding carboxylic acids is 1. The lowest BCUT2D eigenvalue weighted by Gasteiger charge is -2.17. The van der Waals surface area contributed by atoms with E-state index in [0.29, 0.717) is 6.42 Å². The van der Waals surface area contributed by atoms with Crippen LogP contribution in [0.4, 0.5) is 5.69 Å². The maximum atomic E-state index is 11.9. The zero-order valence-electron chi connectivity index (χ0n) is 11.6. The van der Waals surface area contributed by atoms with Crippen LogP contribution in [0, 0.1) is 12.3 Å². The molecule has 0 spiro atoms. The van der Waals surface area contributed by atoms with Crippen LogP contribution in [-0.4, -0.2) is 15.3 Å². The van der Waals surface area contributed by atoms with Crippen molar-refractivity contribution in [2.75, 3.05) is 5.32 Å². The third-order valence-corrected chi connectivity index (χ3v) is 3.65. The molecule has 2 rings (SSSR count). The topological polar surface area (TPSA) is 46.4 Å². The average Bonchev–Trinajstić information content (AvgIpc) is 2.53. The van der Waals surface area contributed by atoms with Gasteiger partial charge in [0.25, 0.3) is 0 Å². The summed E-state index contributed by atoms with van der Waals surface area (Å²) in [5, 5.41) is 2.92. The van der Waals surface area contributed by atoms with Gasteiger partial charge in [0, 0.05) is 12.6 Å². The van der Waals surface area contributed by atoms with Crippen LogP contribution in [0.15, 0.2) is 22.9 Å². The van der Waals surface area contributed by atoms with E-state index in [1.54, 1.807) is 0 Å². The van der Waals surface area contributed by atoms with Crippen LogP contribution in [0.5, 0.6) is 0 Å². The molecule has 0 atom stereocenters. The van der Waals surface area contributed by atoms with Crippen LogP contribution in [-0.2, 0) is 4.79 Å². The molecular weight excluding hydrogens is 306 g/mol. The molecule has 0 fully saturated rings. The molecule has 0 aliphatic rings. The van der Waals surface area contributed by atoms with E-state index in [0.717, 1.165) is 21.6 Å². The standard InChI is InChI=1S/C14H18BrN3O/c1-9-13(15)18-8-10(5-6-11(18)16-9)17-12(19)7-14(2,3)4/h5-6,8H,7H2,1-4H3,(H,17,19). The fraction of sp³-hybridized carbons (Fsp3) is 0.429. The molecule has 1 amide bonds. The Labute approximate surface area is 121 Å². The van der Waals surface area contributed by atoms with Crippen molar-refractivity contribution in [2.24, 2.45) is 5.41 Å². The number of pyridine rings is 1. The maximum Gasteiger partial charge on any atom is 0.224 e. The number of imidazole rings is 1. The maximum absolute atomic E-state index is 11.9. The molecular formula is C14H18BrN3O. The number of carbonyl (C=O) groups is 1. The number of rotatable bonds is 2. The number of nitrogens with zero attached hydrogens (tertiary/aromatic N) is 2. The number of hydrogen-bond acceptors (Lipinski definition) is 2. The number of hydrogen-bond donors (Lipinski definition) is 1. The van der Waals surface area contributed by atoms with E-state index in [4.69, 9.17) is 0 Å². The van der Waals surface area contributed by atoms with Crippen LogP contribution in [0.25, 0.3) is 5.65 Å². The van der Waals surface area contributed by atoms with Gasteiger partial charge in [-0.15, -0.1) is 0 Å². The van der Waals surface area contributed by atoms with Crippen molar-refractivity contribution >= 4 is 33.2 Å². The van der Waals surface area contributed by atoms with Gasteiger partial charge < -0.3 is 5.32 Å². The van der Waals surface area contributed by atoms with Crippen LogP contribution >= 0.6 is 15.9 Å². The summed E-state index contributed by atoms with van der Waals surface area (Å²) in [5.74, 6) is 0.0276. The first kappa shape index (κ1) is 14.1. The van der Waals surface area contributed by atoms with Gasteiger partial charge in [-0.1, -0.05) is 20.8 Å². The molecule has 0 radical (unpaired) electrons. The number of halogens is 1. The van der Waals surface area contributed by atoms with Crippen molar-refractivity contribution in [3.8, 4) is 0 Å². The highest BCUT2D eigenvalue weighted by Gasteiger charge is 2.16. The van der Waals surface area contributed by atoms with Gasteiger partial charge in [0.15, 0.2) is 0 Å². The van der Waals surface area contributed by atoms with Crippen LogP contribution in [0.1, 0.15) is 32.9 Å². The Hall–Kier alpha value is -1.36. The summed E-state index contributed by atoms with van der Waals surface area (Å²) in [5.41, 5.74) is 2.55. The summed E-state index contributed by atoms with van der Waals surface area (Å²) >= 11 is 3.49. The minimum Gasteiger partial charge on any atom is -0.325 e. The lowest BCUT2D eigenvalue weighted by molar-refractivity contribution is -0.117. The number of fused-ring (bicyclic) bond motifs is 1. The van der Waals surface area contributed by atoms with Gasteiger partial charge in [-0.3, -0.25) is 9.20 Å². The fourth-order valence-electron chi connectivity index (χ4n) is 1.89. The highest BCUT2D eigenvalue weighted by molar-refractivity contribution is 9.10. The fourth-order valence-corrected chi connectivity index (χ4v) is 2.27. The highest BCUT2D eigenvalue weighted by atomic mass is 79.9. The molecule has 0 aromatic carbocycles. The minimum atomic E-state index is -0.0135. The summed E-state index contributed by atoms with van der Waals surface area (Å²) in [7, 11) is 0. The van der Waals surface area contributed by atoms with Crippen molar-refractivity contribution in [3.05, 3.63) is 28.6 Å². The van der Waals surface area contributed by atoms with E-state index >= 15 is 0 Å². The molecule has 0 saturated carbocycles. The van der Waals surface area contributed by atoms with E-state index in [1.807, 2.05) is 50.4 Å².